The third-order valence-corrected chi connectivity index (χ3v) is 6.03. The zero-order valence-corrected chi connectivity index (χ0v) is 16.7. The second-order valence-electron chi connectivity index (χ2n) is 8.26. The number of rotatable bonds is 1. The molecule has 0 amide bonds. The minimum atomic E-state index is -0.590. The first kappa shape index (κ1) is 19.9. The van der Waals surface area contributed by atoms with Crippen molar-refractivity contribution in [2.24, 2.45) is 5.92 Å². The molecule has 2 aliphatic heterocycles. The number of hydrogen-bond acceptors (Lipinski definition) is 5. The van der Waals surface area contributed by atoms with E-state index in [0.29, 0.717) is 12.0 Å². The SMILES string of the molecule is C=C1C(=O)O[C@@H]2[C@H](OC(C)=O)/C(C)=C\CC/C(C)=C\CC[C@]3(C)O[C@H]3C[C@@H]12. The summed E-state index contributed by atoms with van der Waals surface area (Å²) in [6, 6.07) is 0. The summed E-state index contributed by atoms with van der Waals surface area (Å²) >= 11 is 0. The summed E-state index contributed by atoms with van der Waals surface area (Å²) in [4.78, 5) is 23.9. The van der Waals surface area contributed by atoms with E-state index in [4.69, 9.17) is 14.2 Å². The van der Waals surface area contributed by atoms with Gasteiger partial charge in [-0.15, -0.1) is 0 Å². The molecule has 0 unspecified atom stereocenters. The number of ether oxygens (including phenoxy) is 3. The summed E-state index contributed by atoms with van der Waals surface area (Å²) in [5.74, 6) is -0.999. The van der Waals surface area contributed by atoms with Crippen LogP contribution in [0.1, 0.15) is 59.8 Å². The van der Waals surface area contributed by atoms with Crippen LogP contribution in [0.25, 0.3) is 0 Å². The summed E-state index contributed by atoms with van der Waals surface area (Å²) in [5, 5.41) is 0. The number of esters is 2. The zero-order valence-electron chi connectivity index (χ0n) is 16.7. The predicted octanol–water partition coefficient (Wildman–Crippen LogP) is 4.03. The first-order valence-electron chi connectivity index (χ1n) is 9.78. The van der Waals surface area contributed by atoms with Gasteiger partial charge in [-0.1, -0.05) is 24.3 Å². The van der Waals surface area contributed by atoms with E-state index in [1.54, 1.807) is 0 Å². The standard InChI is InChI=1S/C22H30O5/c1-13-8-6-10-14(2)19(25-16(4)23)20-17(15(3)21(24)26-20)12-18-22(5,27-18)11-7-9-13/h9-10,17-20H,3,6-8,11-12H2,1-2,4-5H3/b13-9-,14-10-/t17-,18-,19+,20-,22-/m0/s1. The van der Waals surface area contributed by atoms with Crippen molar-refractivity contribution in [1.29, 1.82) is 0 Å². The normalized spacial score (nSPS) is 41.0. The maximum atomic E-state index is 12.2. The van der Waals surface area contributed by atoms with Gasteiger partial charge in [0.2, 0.25) is 0 Å². The van der Waals surface area contributed by atoms with Crippen molar-refractivity contribution in [2.45, 2.75) is 83.7 Å². The van der Waals surface area contributed by atoms with Crippen molar-refractivity contribution in [3.8, 4) is 0 Å². The Morgan fingerprint density at radius 2 is 2.04 bits per heavy atom. The highest BCUT2D eigenvalue weighted by Crippen LogP contribution is 2.47. The van der Waals surface area contributed by atoms with Gasteiger partial charge in [0.15, 0.2) is 6.10 Å². The van der Waals surface area contributed by atoms with Gasteiger partial charge in [0.1, 0.15) is 6.10 Å². The highest BCUT2D eigenvalue weighted by atomic mass is 16.6. The topological polar surface area (TPSA) is 65.1 Å². The Hall–Kier alpha value is -1.88. The Kier molecular flexibility index (Phi) is 5.61. The van der Waals surface area contributed by atoms with E-state index in [2.05, 4.69) is 32.6 Å². The molecule has 0 bridgehead atoms. The fraction of sp³-hybridized carbons (Fsp3) is 0.636. The van der Waals surface area contributed by atoms with Crippen molar-refractivity contribution < 1.29 is 23.8 Å². The molecule has 2 fully saturated rings. The molecule has 2 heterocycles. The van der Waals surface area contributed by atoms with Gasteiger partial charge < -0.3 is 14.2 Å². The molecule has 148 valence electrons. The monoisotopic (exact) mass is 374 g/mol. The number of hydrogen-bond donors (Lipinski definition) is 0. The molecule has 5 nitrogen and oxygen atoms in total. The van der Waals surface area contributed by atoms with Crippen LogP contribution in [0.2, 0.25) is 0 Å². The van der Waals surface area contributed by atoms with Crippen LogP contribution in [0.15, 0.2) is 35.5 Å². The Labute approximate surface area is 161 Å². The lowest BCUT2D eigenvalue weighted by Crippen LogP contribution is -2.37. The molecule has 1 aliphatic carbocycles. The lowest BCUT2D eigenvalue weighted by Gasteiger charge is -2.27. The maximum absolute atomic E-state index is 12.2. The van der Waals surface area contributed by atoms with Crippen LogP contribution in [0.3, 0.4) is 0 Å². The number of allylic oxidation sites excluding steroid dienone is 3. The summed E-state index contributed by atoms with van der Waals surface area (Å²) < 4.78 is 17.2. The number of fused-ring (bicyclic) bond motifs is 2. The smallest absolute Gasteiger partial charge is 0.334 e. The molecule has 0 saturated carbocycles. The first-order chi connectivity index (χ1) is 12.7. The van der Waals surface area contributed by atoms with E-state index in [9.17, 15) is 9.59 Å². The first-order valence-corrected chi connectivity index (χ1v) is 9.78. The lowest BCUT2D eigenvalue weighted by molar-refractivity contribution is -0.157. The van der Waals surface area contributed by atoms with Crippen LogP contribution < -0.4 is 0 Å². The van der Waals surface area contributed by atoms with E-state index in [1.165, 1.54) is 12.5 Å². The largest absolute Gasteiger partial charge is 0.454 e. The van der Waals surface area contributed by atoms with Gasteiger partial charge in [0.05, 0.1) is 11.7 Å². The Morgan fingerprint density at radius 1 is 1.30 bits per heavy atom. The Morgan fingerprint density at radius 3 is 2.74 bits per heavy atom. The highest BCUT2D eigenvalue weighted by molar-refractivity contribution is 5.91. The van der Waals surface area contributed by atoms with E-state index in [-0.39, 0.29) is 23.6 Å². The molecule has 0 radical (unpaired) electrons. The lowest BCUT2D eigenvalue weighted by atomic mass is 9.84. The summed E-state index contributed by atoms with van der Waals surface area (Å²) in [6.45, 7) is 11.5. The molecule has 27 heavy (non-hydrogen) atoms. The van der Waals surface area contributed by atoms with Gasteiger partial charge in [-0.25, -0.2) is 4.79 Å². The van der Waals surface area contributed by atoms with Crippen molar-refractivity contribution in [3.05, 3.63) is 35.5 Å². The quantitative estimate of drug-likeness (QED) is 0.300. The molecule has 0 aromatic rings. The predicted molar refractivity (Wildman–Crippen MR) is 102 cm³/mol. The molecule has 3 aliphatic rings. The zero-order chi connectivity index (χ0) is 19.8. The fourth-order valence-corrected chi connectivity index (χ4v) is 4.17. The van der Waals surface area contributed by atoms with Crippen LogP contribution in [0, 0.1) is 5.92 Å². The Balaban J connectivity index is 1.92. The molecule has 0 aromatic carbocycles. The molecular weight excluding hydrogens is 344 g/mol. The third kappa shape index (κ3) is 4.34. The number of carbonyl (C=O) groups is 2. The number of epoxide rings is 1. The van der Waals surface area contributed by atoms with Gasteiger partial charge in [0, 0.05) is 18.4 Å². The van der Waals surface area contributed by atoms with Crippen molar-refractivity contribution in [2.75, 3.05) is 0 Å². The molecule has 2 saturated heterocycles. The molecule has 5 atom stereocenters. The maximum Gasteiger partial charge on any atom is 0.334 e. The average molecular weight is 374 g/mol. The number of carbonyl (C=O) groups excluding carboxylic acids is 2. The highest BCUT2D eigenvalue weighted by Gasteiger charge is 2.55. The van der Waals surface area contributed by atoms with Gasteiger partial charge in [-0.3, -0.25) is 4.79 Å². The minimum absolute atomic E-state index is 0.0650. The minimum Gasteiger partial charge on any atom is -0.454 e. The molecule has 0 aromatic heterocycles. The van der Waals surface area contributed by atoms with Gasteiger partial charge in [-0.2, -0.15) is 0 Å². The van der Waals surface area contributed by atoms with Crippen LogP contribution in [0.5, 0.6) is 0 Å². The van der Waals surface area contributed by atoms with E-state index in [1.807, 2.05) is 6.92 Å². The van der Waals surface area contributed by atoms with Crippen molar-refractivity contribution >= 4 is 11.9 Å². The summed E-state index contributed by atoms with van der Waals surface area (Å²) in [6.07, 6.45) is 7.70. The molecule has 0 spiro atoms. The van der Waals surface area contributed by atoms with Gasteiger partial charge in [0.25, 0.3) is 0 Å². The van der Waals surface area contributed by atoms with Crippen LogP contribution in [-0.2, 0) is 23.8 Å². The van der Waals surface area contributed by atoms with Gasteiger partial charge in [-0.05, 0) is 58.4 Å². The van der Waals surface area contributed by atoms with Crippen molar-refractivity contribution in [3.63, 3.8) is 0 Å². The van der Waals surface area contributed by atoms with E-state index in [0.717, 1.165) is 31.3 Å². The summed E-state index contributed by atoms with van der Waals surface area (Å²) in [5.41, 5.74) is 2.54. The second-order valence-corrected chi connectivity index (χ2v) is 8.26. The van der Waals surface area contributed by atoms with Crippen LogP contribution in [-0.4, -0.2) is 35.9 Å². The molecule has 0 N–H and O–H groups in total. The fourth-order valence-electron chi connectivity index (χ4n) is 4.17. The third-order valence-electron chi connectivity index (χ3n) is 6.03. The average Bonchev–Trinajstić information content (AvgIpc) is 3.14. The van der Waals surface area contributed by atoms with E-state index < -0.39 is 18.2 Å². The molecular formula is C22H30O5. The second kappa shape index (κ2) is 7.63. The van der Waals surface area contributed by atoms with E-state index >= 15 is 0 Å². The Bertz CT molecular complexity index is 703. The molecule has 5 heteroatoms. The van der Waals surface area contributed by atoms with Crippen LogP contribution >= 0.6 is 0 Å². The summed E-state index contributed by atoms with van der Waals surface area (Å²) in [7, 11) is 0. The molecule has 3 rings (SSSR count). The van der Waals surface area contributed by atoms with Gasteiger partial charge >= 0.3 is 11.9 Å². The van der Waals surface area contributed by atoms with Crippen LogP contribution in [0.4, 0.5) is 0 Å². The van der Waals surface area contributed by atoms with Crippen molar-refractivity contribution in [1.82, 2.24) is 0 Å².